The third-order valence-corrected chi connectivity index (χ3v) is 4.97. The third kappa shape index (κ3) is 4.88. The summed E-state index contributed by atoms with van der Waals surface area (Å²) >= 11 is 0. The second kappa shape index (κ2) is 9.95. The molecule has 0 aliphatic rings. The average molecular weight is 438 g/mol. The van der Waals surface area contributed by atoms with Gasteiger partial charge in [-0.3, -0.25) is 4.98 Å². The van der Waals surface area contributed by atoms with Gasteiger partial charge in [-0.05, 0) is 37.6 Å². The summed E-state index contributed by atoms with van der Waals surface area (Å²) in [4.78, 5) is 26.0. The molecule has 3 aromatic rings. The van der Waals surface area contributed by atoms with Gasteiger partial charge < -0.3 is 24.8 Å². The van der Waals surface area contributed by atoms with Crippen LogP contribution in [0, 0.1) is 0 Å². The largest absolute Gasteiger partial charge is 0.497 e. The molecule has 3 rings (SSSR count). The zero-order valence-electron chi connectivity index (χ0n) is 18.6. The lowest BCUT2D eigenvalue weighted by Gasteiger charge is -2.27. The smallest absolute Gasteiger partial charge is 0.331 e. The van der Waals surface area contributed by atoms with Crippen molar-refractivity contribution in [1.82, 2.24) is 15.0 Å². The molecule has 1 atom stereocenters. The van der Waals surface area contributed by atoms with E-state index < -0.39 is 11.5 Å². The number of hydrogen-bond acceptors (Lipinski definition) is 9. The van der Waals surface area contributed by atoms with Gasteiger partial charge in [-0.25, -0.2) is 9.78 Å². The molecular weight excluding hydrogens is 410 g/mol. The Morgan fingerprint density at radius 2 is 2.00 bits per heavy atom. The molecular formula is C23H27N5O4. The van der Waals surface area contributed by atoms with Gasteiger partial charge >= 0.3 is 5.97 Å². The van der Waals surface area contributed by atoms with Crippen molar-refractivity contribution in [2.75, 3.05) is 32.0 Å². The molecule has 168 valence electrons. The van der Waals surface area contributed by atoms with E-state index in [1.165, 1.54) is 7.11 Å². The van der Waals surface area contributed by atoms with Crippen LogP contribution in [-0.2, 0) is 16.1 Å². The number of nitrogens with zero attached hydrogens (tertiary/aromatic N) is 3. The van der Waals surface area contributed by atoms with Crippen LogP contribution in [-0.4, -0.2) is 47.8 Å². The van der Waals surface area contributed by atoms with Crippen LogP contribution in [0.25, 0.3) is 11.0 Å². The van der Waals surface area contributed by atoms with Crippen LogP contribution >= 0.6 is 0 Å². The molecule has 0 fully saturated rings. The first-order valence-corrected chi connectivity index (χ1v) is 9.99. The fourth-order valence-corrected chi connectivity index (χ4v) is 3.27. The highest BCUT2D eigenvalue weighted by Gasteiger charge is 2.34. The molecule has 0 aliphatic heterocycles. The number of benzene rings is 1. The fourth-order valence-electron chi connectivity index (χ4n) is 3.27. The minimum atomic E-state index is -1.06. The lowest BCUT2D eigenvalue weighted by atomic mass is 9.98. The van der Waals surface area contributed by atoms with Gasteiger partial charge in [0.05, 0.1) is 26.8 Å². The quantitative estimate of drug-likeness (QED) is 0.363. The van der Waals surface area contributed by atoms with Gasteiger partial charge in [-0.1, -0.05) is 6.08 Å². The minimum Gasteiger partial charge on any atom is -0.497 e. The summed E-state index contributed by atoms with van der Waals surface area (Å²) in [6.07, 6.45) is 3.63. The van der Waals surface area contributed by atoms with Gasteiger partial charge in [-0.2, -0.15) is 4.98 Å². The highest BCUT2D eigenvalue weighted by atomic mass is 16.5. The highest BCUT2D eigenvalue weighted by molar-refractivity contribution is 5.90. The van der Waals surface area contributed by atoms with E-state index in [1.807, 2.05) is 24.3 Å². The number of pyridine rings is 1. The van der Waals surface area contributed by atoms with Crippen molar-refractivity contribution in [3.63, 3.8) is 0 Å². The molecule has 2 N–H and O–H groups in total. The molecule has 9 heteroatoms. The Labute approximate surface area is 186 Å². The second-order valence-electron chi connectivity index (χ2n) is 7.24. The van der Waals surface area contributed by atoms with Crippen LogP contribution < -0.4 is 20.1 Å². The van der Waals surface area contributed by atoms with Gasteiger partial charge in [0.1, 0.15) is 22.6 Å². The Bertz CT molecular complexity index is 1120. The van der Waals surface area contributed by atoms with E-state index in [2.05, 4.69) is 32.2 Å². The van der Waals surface area contributed by atoms with Crippen LogP contribution in [0.3, 0.4) is 0 Å². The van der Waals surface area contributed by atoms with Crippen molar-refractivity contribution >= 4 is 28.8 Å². The van der Waals surface area contributed by atoms with Crippen molar-refractivity contribution in [3.8, 4) is 11.5 Å². The predicted octanol–water partition coefficient (Wildman–Crippen LogP) is 3.57. The second-order valence-corrected chi connectivity index (χ2v) is 7.24. The van der Waals surface area contributed by atoms with Gasteiger partial charge in [0, 0.05) is 24.4 Å². The maximum atomic E-state index is 12.4. The number of aromatic nitrogens is 3. The Hall–Kier alpha value is -3.88. The number of nitrogens with one attached hydrogen (secondary N) is 2. The third-order valence-electron chi connectivity index (χ3n) is 4.97. The highest BCUT2D eigenvalue weighted by Crippen LogP contribution is 2.27. The standard InChI is InChI=1S/C23H27N5O4/c1-6-11-23(2,21(29)32-5)28-20-19-17(8-7-12-24-19)26-22(27-20)25-14-15-9-10-16(30-3)13-18(15)31-4/h6-10,12-13H,1,11,14H2,2-5H3,(H2,25,26,27,28)/t23-/m1/s1. The van der Waals surface area contributed by atoms with Crippen molar-refractivity contribution in [3.05, 3.63) is 54.7 Å². The van der Waals surface area contributed by atoms with Crippen LogP contribution in [0.5, 0.6) is 11.5 Å². The summed E-state index contributed by atoms with van der Waals surface area (Å²) in [7, 11) is 4.55. The number of methoxy groups -OCH3 is 3. The molecule has 0 bridgehead atoms. The number of ether oxygens (including phenoxy) is 3. The van der Waals surface area contributed by atoms with E-state index in [4.69, 9.17) is 14.2 Å². The van der Waals surface area contributed by atoms with Crippen molar-refractivity contribution in [2.45, 2.75) is 25.4 Å². The Morgan fingerprint density at radius 3 is 2.69 bits per heavy atom. The summed E-state index contributed by atoms with van der Waals surface area (Å²) in [5.74, 6) is 1.74. The summed E-state index contributed by atoms with van der Waals surface area (Å²) in [6.45, 7) is 5.89. The monoisotopic (exact) mass is 437 g/mol. The predicted molar refractivity (Wildman–Crippen MR) is 123 cm³/mol. The number of esters is 1. The van der Waals surface area contributed by atoms with Crippen LogP contribution in [0.1, 0.15) is 18.9 Å². The SMILES string of the molecule is C=CC[C@@](C)(Nc1nc(NCc2ccc(OC)cc2OC)nc2cccnc12)C(=O)OC. The normalized spacial score (nSPS) is 12.5. The van der Waals surface area contributed by atoms with Crippen molar-refractivity contribution < 1.29 is 19.0 Å². The molecule has 0 aliphatic carbocycles. The first kappa shape index (κ1) is 22.8. The molecule has 0 amide bonds. The molecule has 0 saturated heterocycles. The van der Waals surface area contributed by atoms with Gasteiger partial charge in [-0.15, -0.1) is 6.58 Å². The number of carbonyl (C=O) groups excluding carboxylic acids is 1. The molecule has 9 nitrogen and oxygen atoms in total. The number of fused-ring (bicyclic) bond motifs is 1. The van der Waals surface area contributed by atoms with Gasteiger partial charge in [0.25, 0.3) is 0 Å². The minimum absolute atomic E-state index is 0.337. The van der Waals surface area contributed by atoms with Crippen molar-refractivity contribution in [2.24, 2.45) is 0 Å². The van der Waals surface area contributed by atoms with E-state index >= 15 is 0 Å². The maximum Gasteiger partial charge on any atom is 0.331 e. The lowest BCUT2D eigenvalue weighted by molar-refractivity contribution is -0.145. The van der Waals surface area contributed by atoms with E-state index in [9.17, 15) is 4.79 Å². The molecule has 2 heterocycles. The number of rotatable bonds is 10. The van der Waals surface area contributed by atoms with Crippen molar-refractivity contribution in [1.29, 1.82) is 0 Å². The molecule has 2 aromatic heterocycles. The molecule has 0 radical (unpaired) electrons. The average Bonchev–Trinajstić information content (AvgIpc) is 2.82. The summed E-state index contributed by atoms with van der Waals surface area (Å²) < 4.78 is 15.7. The molecule has 0 unspecified atom stereocenters. The lowest BCUT2D eigenvalue weighted by Crippen LogP contribution is -2.44. The van der Waals surface area contributed by atoms with E-state index in [0.29, 0.717) is 47.3 Å². The van der Waals surface area contributed by atoms with E-state index in [1.54, 1.807) is 39.5 Å². The first-order chi connectivity index (χ1) is 15.4. The Kier molecular flexibility index (Phi) is 7.09. The first-order valence-electron chi connectivity index (χ1n) is 9.99. The summed E-state index contributed by atoms with van der Waals surface area (Å²) in [6, 6.07) is 9.20. The maximum absolute atomic E-state index is 12.4. The van der Waals surface area contributed by atoms with Gasteiger partial charge in [0.15, 0.2) is 5.82 Å². The van der Waals surface area contributed by atoms with Crippen LogP contribution in [0.2, 0.25) is 0 Å². The van der Waals surface area contributed by atoms with Crippen LogP contribution in [0.4, 0.5) is 11.8 Å². The zero-order chi connectivity index (χ0) is 23.1. The number of anilines is 2. The van der Waals surface area contributed by atoms with E-state index in [0.717, 1.165) is 5.56 Å². The number of hydrogen-bond donors (Lipinski definition) is 2. The molecule has 32 heavy (non-hydrogen) atoms. The molecule has 0 spiro atoms. The molecule has 0 saturated carbocycles. The zero-order valence-corrected chi connectivity index (χ0v) is 18.6. The van der Waals surface area contributed by atoms with Crippen LogP contribution in [0.15, 0.2) is 49.2 Å². The topological polar surface area (TPSA) is 107 Å². The summed E-state index contributed by atoms with van der Waals surface area (Å²) in [5.41, 5.74) is 1.01. The fraction of sp³-hybridized carbons (Fsp3) is 0.304. The Balaban J connectivity index is 1.94. The Morgan fingerprint density at radius 1 is 1.19 bits per heavy atom. The van der Waals surface area contributed by atoms with Gasteiger partial charge in [0.2, 0.25) is 5.95 Å². The summed E-state index contributed by atoms with van der Waals surface area (Å²) in [5, 5.41) is 6.41. The molecule has 1 aromatic carbocycles. The number of carbonyl (C=O) groups is 1. The van der Waals surface area contributed by atoms with E-state index in [-0.39, 0.29) is 0 Å².